The van der Waals surface area contributed by atoms with Gasteiger partial charge in [-0.25, -0.2) is 0 Å². The molecule has 0 saturated carbocycles. The van der Waals surface area contributed by atoms with Crippen LogP contribution in [0.2, 0.25) is 0 Å². The van der Waals surface area contributed by atoms with Gasteiger partial charge in [0.15, 0.2) is 0 Å². The summed E-state index contributed by atoms with van der Waals surface area (Å²) in [5.41, 5.74) is 2.10. The van der Waals surface area contributed by atoms with Crippen LogP contribution in [0.3, 0.4) is 0 Å². The molecular weight excluding hydrogens is 420 g/mol. The maximum atomic E-state index is 9.30. The number of rotatable bonds is 4. The molecule has 0 heterocycles. The lowest BCUT2D eigenvalue weighted by Gasteiger charge is -2.26. The quantitative estimate of drug-likeness (QED) is 0.542. The van der Waals surface area contributed by atoms with Gasteiger partial charge < -0.3 is 10.2 Å². The van der Waals surface area contributed by atoms with Gasteiger partial charge in [0.2, 0.25) is 0 Å². The summed E-state index contributed by atoms with van der Waals surface area (Å²) in [6.07, 6.45) is 2.45. The second-order valence-electron chi connectivity index (χ2n) is 5.90. The van der Waals surface area contributed by atoms with Crippen molar-refractivity contribution >= 4 is 31.9 Å². The van der Waals surface area contributed by atoms with Crippen molar-refractivity contribution in [2.75, 3.05) is 0 Å². The van der Waals surface area contributed by atoms with E-state index in [1.165, 1.54) is 12.8 Å². The third-order valence-corrected chi connectivity index (χ3v) is 4.60. The number of benzene rings is 2. The summed E-state index contributed by atoms with van der Waals surface area (Å²) in [4.78, 5) is 0. The Hall–Kier alpha value is -1.000. The lowest BCUT2D eigenvalue weighted by atomic mass is 9.78. The highest BCUT2D eigenvalue weighted by Crippen LogP contribution is 2.32. The number of alkyl halides is 2. The van der Waals surface area contributed by atoms with Gasteiger partial charge in [-0.05, 0) is 41.8 Å². The topological polar surface area (TPSA) is 40.5 Å². The van der Waals surface area contributed by atoms with Crippen LogP contribution in [0.25, 0.3) is 0 Å². The van der Waals surface area contributed by atoms with Gasteiger partial charge in [-0.15, -0.1) is 0 Å². The van der Waals surface area contributed by atoms with Crippen LogP contribution in [0.4, 0.5) is 0 Å². The molecule has 2 rings (SSSR count). The number of hydrogen-bond acceptors (Lipinski definition) is 2. The Kier molecular flexibility index (Phi) is 8.13. The fourth-order valence-corrected chi connectivity index (χ4v) is 3.06. The number of phenols is 2. The first-order chi connectivity index (χ1) is 10.8. The minimum absolute atomic E-state index is 0.151. The van der Waals surface area contributed by atoms with Crippen LogP contribution >= 0.6 is 31.9 Å². The van der Waals surface area contributed by atoms with E-state index in [1.807, 2.05) is 24.3 Å². The Bertz CT molecular complexity index is 528. The Morgan fingerprint density at radius 1 is 0.826 bits per heavy atom. The second-order valence-corrected chi connectivity index (χ2v) is 9.34. The van der Waals surface area contributed by atoms with Gasteiger partial charge in [0, 0.05) is 5.41 Å². The van der Waals surface area contributed by atoms with Crippen molar-refractivity contribution in [3.63, 3.8) is 0 Å². The smallest absolute Gasteiger partial charge is 0.115 e. The number of halogens is 2. The third kappa shape index (κ3) is 6.56. The summed E-state index contributed by atoms with van der Waals surface area (Å²) in [7, 11) is 0. The molecular formula is C19H24Br2O2. The summed E-state index contributed by atoms with van der Waals surface area (Å²) in [5, 5.41) is 18.6. The maximum Gasteiger partial charge on any atom is 0.115 e. The van der Waals surface area contributed by atoms with E-state index in [4.69, 9.17) is 0 Å². The third-order valence-electron chi connectivity index (χ3n) is 3.68. The lowest BCUT2D eigenvalue weighted by Crippen LogP contribution is -2.18. The minimum Gasteiger partial charge on any atom is -0.508 e. The molecule has 0 fully saturated rings. The first kappa shape index (κ1) is 20.0. The van der Waals surface area contributed by atoms with Crippen molar-refractivity contribution in [1.29, 1.82) is 0 Å². The van der Waals surface area contributed by atoms with Crippen molar-refractivity contribution in [2.24, 2.45) is 0 Å². The molecule has 2 aromatic carbocycles. The average Bonchev–Trinajstić information content (AvgIpc) is 2.48. The average molecular weight is 444 g/mol. The van der Waals surface area contributed by atoms with Crippen molar-refractivity contribution in [3.05, 3.63) is 59.7 Å². The molecule has 0 aromatic heterocycles. The molecule has 0 radical (unpaired) electrons. The second kappa shape index (κ2) is 9.33. The van der Waals surface area contributed by atoms with Gasteiger partial charge in [0.25, 0.3) is 0 Å². The van der Waals surface area contributed by atoms with E-state index in [9.17, 15) is 10.2 Å². The van der Waals surface area contributed by atoms with Gasteiger partial charge in [-0.2, -0.15) is 0 Å². The summed E-state index contributed by atoms with van der Waals surface area (Å²) in [5.74, 6) is 0.547. The van der Waals surface area contributed by atoms with Crippen LogP contribution in [-0.4, -0.2) is 13.9 Å². The molecule has 0 aliphatic rings. The fourth-order valence-electron chi connectivity index (χ4n) is 2.14. The molecule has 23 heavy (non-hydrogen) atoms. The first-order valence-corrected chi connectivity index (χ1v) is 9.47. The van der Waals surface area contributed by atoms with Crippen LogP contribution in [0.5, 0.6) is 11.5 Å². The van der Waals surface area contributed by atoms with Gasteiger partial charge in [-0.3, -0.25) is 0 Å². The lowest BCUT2D eigenvalue weighted by molar-refractivity contribution is 0.474. The highest BCUT2D eigenvalue weighted by molar-refractivity contribution is 9.24. The summed E-state index contributed by atoms with van der Waals surface area (Å²) < 4.78 is 0.523. The van der Waals surface area contributed by atoms with Crippen LogP contribution in [0, 0.1) is 0 Å². The van der Waals surface area contributed by atoms with E-state index in [2.05, 4.69) is 52.6 Å². The van der Waals surface area contributed by atoms with E-state index in [0.717, 1.165) is 11.1 Å². The molecule has 2 nitrogen and oxygen atoms in total. The molecule has 126 valence electrons. The van der Waals surface area contributed by atoms with Crippen molar-refractivity contribution in [3.8, 4) is 11.5 Å². The summed E-state index contributed by atoms with van der Waals surface area (Å²) >= 11 is 6.70. The summed E-state index contributed by atoms with van der Waals surface area (Å²) in [6, 6.07) is 14.4. The SMILES string of the molecule is CC(C)(c1ccc(O)cc1)c1ccc(O)cc1.CCCC(Br)Br. The van der Waals surface area contributed by atoms with Crippen LogP contribution in [0.1, 0.15) is 44.7 Å². The first-order valence-electron chi connectivity index (χ1n) is 7.64. The van der Waals surface area contributed by atoms with Gasteiger partial charge >= 0.3 is 0 Å². The molecule has 4 heteroatoms. The Morgan fingerprint density at radius 2 is 1.17 bits per heavy atom. The van der Waals surface area contributed by atoms with Crippen molar-refractivity contribution in [2.45, 2.75) is 42.8 Å². The molecule has 0 aliphatic carbocycles. The Balaban J connectivity index is 0.000000379. The predicted molar refractivity (Wildman–Crippen MR) is 105 cm³/mol. The van der Waals surface area contributed by atoms with E-state index in [1.54, 1.807) is 24.3 Å². The predicted octanol–water partition coefficient (Wildman–Crippen LogP) is 6.33. The number of hydrogen-bond donors (Lipinski definition) is 2. The Morgan fingerprint density at radius 3 is 1.39 bits per heavy atom. The molecule has 0 bridgehead atoms. The molecule has 2 aromatic rings. The molecule has 0 unspecified atom stereocenters. The highest BCUT2D eigenvalue weighted by atomic mass is 79.9. The zero-order chi connectivity index (χ0) is 17.5. The van der Waals surface area contributed by atoms with Crippen LogP contribution in [-0.2, 0) is 5.41 Å². The van der Waals surface area contributed by atoms with Gasteiger partial charge in [0.1, 0.15) is 11.5 Å². The minimum atomic E-state index is -0.151. The van der Waals surface area contributed by atoms with Gasteiger partial charge in [0.05, 0.1) is 3.74 Å². The van der Waals surface area contributed by atoms with Crippen molar-refractivity contribution < 1.29 is 10.2 Å². The standard InChI is InChI=1S/C15H16O2.C4H8Br2/c1-15(2,11-3-7-13(16)8-4-11)12-5-9-14(17)10-6-12;1-2-3-4(5)6/h3-10,16-17H,1-2H3;4H,2-3H2,1H3. The zero-order valence-corrected chi connectivity index (χ0v) is 16.9. The number of phenolic OH excluding ortho intramolecular Hbond substituents is 2. The summed E-state index contributed by atoms with van der Waals surface area (Å²) in [6.45, 7) is 6.40. The van der Waals surface area contributed by atoms with Crippen LogP contribution in [0.15, 0.2) is 48.5 Å². The molecule has 0 atom stereocenters. The molecule has 2 N–H and O–H groups in total. The zero-order valence-electron chi connectivity index (χ0n) is 13.8. The normalized spacial score (nSPS) is 11.0. The van der Waals surface area contributed by atoms with E-state index >= 15 is 0 Å². The van der Waals surface area contributed by atoms with E-state index in [0.29, 0.717) is 3.74 Å². The van der Waals surface area contributed by atoms with E-state index in [-0.39, 0.29) is 16.9 Å². The highest BCUT2D eigenvalue weighted by Gasteiger charge is 2.22. The Labute approximate surface area is 155 Å². The van der Waals surface area contributed by atoms with Crippen LogP contribution < -0.4 is 0 Å². The maximum absolute atomic E-state index is 9.30. The largest absolute Gasteiger partial charge is 0.508 e. The van der Waals surface area contributed by atoms with Gasteiger partial charge in [-0.1, -0.05) is 83.3 Å². The molecule has 0 saturated heterocycles. The van der Waals surface area contributed by atoms with E-state index < -0.39 is 0 Å². The monoisotopic (exact) mass is 442 g/mol. The molecule has 0 amide bonds. The fraction of sp³-hybridized carbons (Fsp3) is 0.368. The van der Waals surface area contributed by atoms with Crippen molar-refractivity contribution in [1.82, 2.24) is 0 Å². The molecule has 0 spiro atoms. The number of aromatic hydroxyl groups is 2. The molecule has 0 aliphatic heterocycles.